The van der Waals surface area contributed by atoms with Crippen LogP contribution in [-0.4, -0.2) is 18.4 Å². The van der Waals surface area contributed by atoms with Crippen molar-refractivity contribution in [2.24, 2.45) is 0 Å². The molecule has 0 unspecified atom stereocenters. The van der Waals surface area contributed by atoms with Crippen molar-refractivity contribution in [3.8, 4) is 11.8 Å². The molecule has 1 aromatic rings. The number of rotatable bonds is 3. The number of hydrogen-bond acceptors (Lipinski definition) is 4. The Morgan fingerprint density at radius 2 is 2.33 bits per heavy atom. The van der Waals surface area contributed by atoms with Crippen molar-refractivity contribution in [2.75, 3.05) is 7.11 Å². The van der Waals surface area contributed by atoms with Gasteiger partial charge in [-0.1, -0.05) is 0 Å². The van der Waals surface area contributed by atoms with E-state index in [1.807, 2.05) is 0 Å². The Kier molecular flexibility index (Phi) is 3.29. The number of alkyl halides is 2. The lowest BCUT2D eigenvalue weighted by Gasteiger charge is -2.07. The number of carbonyl (C=O) groups excluding carboxylic acids is 1. The summed E-state index contributed by atoms with van der Waals surface area (Å²) in [6.45, 7) is 0. The van der Waals surface area contributed by atoms with Gasteiger partial charge in [-0.15, -0.1) is 0 Å². The van der Waals surface area contributed by atoms with Crippen molar-refractivity contribution in [3.63, 3.8) is 0 Å². The minimum Gasteiger partial charge on any atom is -0.494 e. The summed E-state index contributed by atoms with van der Waals surface area (Å²) in [6.07, 6.45) is -2.65. The van der Waals surface area contributed by atoms with E-state index in [1.54, 1.807) is 6.07 Å². The minimum absolute atomic E-state index is 0.0709. The zero-order chi connectivity index (χ0) is 11.4. The third-order valence-electron chi connectivity index (χ3n) is 1.72. The van der Waals surface area contributed by atoms with Crippen LogP contribution in [0.4, 0.5) is 8.78 Å². The first-order valence-corrected chi connectivity index (χ1v) is 3.86. The highest BCUT2D eigenvalue weighted by Gasteiger charge is 2.18. The predicted octanol–water partition coefficient (Wildman–Crippen LogP) is 1.71. The molecule has 1 rings (SSSR count). The van der Waals surface area contributed by atoms with Gasteiger partial charge in [0.1, 0.15) is 11.8 Å². The monoisotopic (exact) mass is 212 g/mol. The second-order valence-electron chi connectivity index (χ2n) is 2.54. The van der Waals surface area contributed by atoms with Gasteiger partial charge in [-0.05, 0) is 6.07 Å². The molecule has 0 N–H and O–H groups in total. The summed E-state index contributed by atoms with van der Waals surface area (Å²) >= 11 is 0. The number of carbonyl (C=O) groups is 1. The molecule has 0 aliphatic heterocycles. The van der Waals surface area contributed by atoms with Crippen molar-refractivity contribution in [3.05, 3.63) is 23.0 Å². The molecule has 4 nitrogen and oxygen atoms in total. The van der Waals surface area contributed by atoms with Crippen LogP contribution in [0.25, 0.3) is 0 Å². The summed E-state index contributed by atoms with van der Waals surface area (Å²) in [5.41, 5.74) is -1.17. The fourth-order valence-corrected chi connectivity index (χ4v) is 1.03. The standard InChI is InChI=1S/C9H6F2N2O2/c1-15-8-2-5(9(10)11)7(4-14)13-6(8)3-12/h2,4,9H,1H3. The van der Waals surface area contributed by atoms with Crippen LogP contribution in [0.1, 0.15) is 28.2 Å². The van der Waals surface area contributed by atoms with Crippen LogP contribution < -0.4 is 4.74 Å². The van der Waals surface area contributed by atoms with Crippen LogP contribution in [-0.2, 0) is 0 Å². The number of nitriles is 1. The van der Waals surface area contributed by atoms with E-state index in [0.717, 1.165) is 6.07 Å². The quantitative estimate of drug-likeness (QED) is 0.715. The van der Waals surface area contributed by atoms with Crippen molar-refractivity contribution in [1.82, 2.24) is 4.98 Å². The summed E-state index contributed by atoms with van der Waals surface area (Å²) < 4.78 is 29.6. The first-order valence-electron chi connectivity index (χ1n) is 3.86. The highest BCUT2D eigenvalue weighted by molar-refractivity contribution is 5.75. The summed E-state index contributed by atoms with van der Waals surface area (Å²) in [6, 6.07) is 2.59. The number of hydrogen-bond donors (Lipinski definition) is 0. The van der Waals surface area contributed by atoms with E-state index in [4.69, 9.17) is 10.00 Å². The van der Waals surface area contributed by atoms with Crippen molar-refractivity contribution < 1.29 is 18.3 Å². The predicted molar refractivity (Wildman–Crippen MR) is 45.8 cm³/mol. The van der Waals surface area contributed by atoms with Crippen LogP contribution in [0.2, 0.25) is 0 Å². The van der Waals surface area contributed by atoms with Gasteiger partial charge < -0.3 is 4.74 Å². The van der Waals surface area contributed by atoms with Crippen LogP contribution in [0, 0.1) is 11.3 Å². The maximum absolute atomic E-state index is 12.4. The summed E-state index contributed by atoms with van der Waals surface area (Å²) in [4.78, 5) is 13.9. The third kappa shape index (κ3) is 2.07. The van der Waals surface area contributed by atoms with Crippen LogP contribution >= 0.6 is 0 Å². The molecule has 1 heterocycles. The average Bonchev–Trinajstić information content (AvgIpc) is 2.26. The molecule has 0 spiro atoms. The molecule has 78 valence electrons. The number of pyridine rings is 1. The summed E-state index contributed by atoms with van der Waals surface area (Å²) in [5, 5.41) is 8.60. The van der Waals surface area contributed by atoms with E-state index in [1.165, 1.54) is 7.11 Å². The van der Waals surface area contributed by atoms with E-state index in [0.29, 0.717) is 0 Å². The zero-order valence-electron chi connectivity index (χ0n) is 7.70. The molecule has 0 amide bonds. The van der Waals surface area contributed by atoms with Gasteiger partial charge in [-0.2, -0.15) is 5.26 Å². The first-order chi connectivity index (χ1) is 7.13. The topological polar surface area (TPSA) is 63.0 Å². The van der Waals surface area contributed by atoms with Gasteiger partial charge in [0.2, 0.25) is 0 Å². The van der Waals surface area contributed by atoms with E-state index in [-0.39, 0.29) is 17.7 Å². The van der Waals surface area contributed by atoms with Gasteiger partial charge in [0.25, 0.3) is 6.43 Å². The maximum atomic E-state index is 12.4. The molecule has 1 aromatic heterocycles. The molecular formula is C9H6F2N2O2. The fraction of sp³-hybridized carbons (Fsp3) is 0.222. The van der Waals surface area contributed by atoms with Crippen LogP contribution in [0.15, 0.2) is 6.07 Å². The van der Waals surface area contributed by atoms with Crippen molar-refractivity contribution in [1.29, 1.82) is 5.26 Å². The molecule has 0 atom stereocenters. The van der Waals surface area contributed by atoms with Gasteiger partial charge in [0, 0.05) is 0 Å². The molecule has 0 aliphatic rings. The Labute approximate surface area is 84.1 Å². The first kappa shape index (κ1) is 11.0. The van der Waals surface area contributed by atoms with Gasteiger partial charge in [-0.3, -0.25) is 4.79 Å². The number of methoxy groups -OCH3 is 1. The van der Waals surface area contributed by atoms with E-state index in [9.17, 15) is 13.6 Å². The van der Waals surface area contributed by atoms with Gasteiger partial charge >= 0.3 is 0 Å². The summed E-state index contributed by atoms with van der Waals surface area (Å²) in [5.74, 6) is -0.0709. The highest BCUT2D eigenvalue weighted by Crippen LogP contribution is 2.26. The second kappa shape index (κ2) is 4.46. The Morgan fingerprint density at radius 3 is 2.73 bits per heavy atom. The van der Waals surface area contributed by atoms with Gasteiger partial charge in [0.15, 0.2) is 17.7 Å². The van der Waals surface area contributed by atoms with Crippen LogP contribution in [0.3, 0.4) is 0 Å². The lowest BCUT2D eigenvalue weighted by Crippen LogP contribution is -2.02. The van der Waals surface area contributed by atoms with E-state index >= 15 is 0 Å². The molecule has 15 heavy (non-hydrogen) atoms. The molecule has 0 saturated carbocycles. The summed E-state index contributed by atoms with van der Waals surface area (Å²) in [7, 11) is 1.23. The molecule has 0 aliphatic carbocycles. The minimum atomic E-state index is -2.83. The molecule has 0 bridgehead atoms. The third-order valence-corrected chi connectivity index (χ3v) is 1.72. The molecule has 0 aromatic carbocycles. The molecule has 0 fully saturated rings. The number of halogens is 2. The lowest BCUT2D eigenvalue weighted by atomic mass is 10.2. The zero-order valence-corrected chi connectivity index (χ0v) is 7.70. The Morgan fingerprint density at radius 1 is 1.67 bits per heavy atom. The fourth-order valence-electron chi connectivity index (χ4n) is 1.03. The largest absolute Gasteiger partial charge is 0.494 e. The Balaban J connectivity index is 3.42. The highest BCUT2D eigenvalue weighted by atomic mass is 19.3. The smallest absolute Gasteiger partial charge is 0.266 e. The number of aldehydes is 1. The van der Waals surface area contributed by atoms with E-state index in [2.05, 4.69) is 4.98 Å². The number of nitrogens with zero attached hydrogens (tertiary/aromatic N) is 2. The molecule has 0 saturated heterocycles. The average molecular weight is 212 g/mol. The Hall–Kier alpha value is -2.03. The van der Waals surface area contributed by atoms with E-state index < -0.39 is 17.7 Å². The normalized spacial score (nSPS) is 9.80. The van der Waals surface area contributed by atoms with Crippen molar-refractivity contribution >= 4 is 6.29 Å². The lowest BCUT2D eigenvalue weighted by molar-refractivity contribution is 0.110. The molecule has 6 heteroatoms. The second-order valence-corrected chi connectivity index (χ2v) is 2.54. The van der Waals surface area contributed by atoms with Gasteiger partial charge in [0.05, 0.1) is 12.7 Å². The van der Waals surface area contributed by atoms with Gasteiger partial charge in [-0.25, -0.2) is 13.8 Å². The maximum Gasteiger partial charge on any atom is 0.266 e. The van der Waals surface area contributed by atoms with Crippen LogP contribution in [0.5, 0.6) is 5.75 Å². The Bertz CT molecular complexity index is 427. The molecular weight excluding hydrogens is 206 g/mol. The number of aromatic nitrogens is 1. The molecule has 0 radical (unpaired) electrons. The SMILES string of the molecule is COc1cc(C(F)F)c(C=O)nc1C#N. The number of ether oxygens (including phenoxy) is 1. The van der Waals surface area contributed by atoms with Crippen molar-refractivity contribution in [2.45, 2.75) is 6.43 Å².